The lowest BCUT2D eigenvalue weighted by Gasteiger charge is -2.14. The monoisotopic (exact) mass is 217 g/mol. The third-order valence-corrected chi connectivity index (χ3v) is 3.56. The number of hydrogen-bond acceptors (Lipinski definition) is 3. The van der Waals surface area contributed by atoms with Gasteiger partial charge in [0, 0.05) is 17.8 Å². The van der Waals surface area contributed by atoms with Gasteiger partial charge in [-0.2, -0.15) is 0 Å². The van der Waals surface area contributed by atoms with Crippen LogP contribution in [0.25, 0.3) is 0 Å². The normalized spacial score (nSPS) is 26.4. The van der Waals surface area contributed by atoms with E-state index in [1.165, 1.54) is 44.2 Å². The highest BCUT2D eigenvalue weighted by molar-refractivity contribution is 5.15. The summed E-state index contributed by atoms with van der Waals surface area (Å²) in [5.41, 5.74) is 1.26. The lowest BCUT2D eigenvalue weighted by Crippen LogP contribution is -2.22. The van der Waals surface area contributed by atoms with Crippen LogP contribution in [0.1, 0.15) is 62.0 Å². The molecule has 1 aromatic heterocycles. The van der Waals surface area contributed by atoms with Crippen molar-refractivity contribution in [2.45, 2.75) is 50.5 Å². The molecule has 2 aliphatic rings. The van der Waals surface area contributed by atoms with Crippen molar-refractivity contribution in [3.8, 4) is 0 Å². The van der Waals surface area contributed by atoms with Crippen molar-refractivity contribution in [2.75, 3.05) is 6.54 Å². The fourth-order valence-electron chi connectivity index (χ4n) is 2.41. The van der Waals surface area contributed by atoms with Crippen LogP contribution in [0.15, 0.2) is 12.3 Å². The molecule has 1 saturated heterocycles. The Kier molecular flexibility index (Phi) is 2.87. The van der Waals surface area contributed by atoms with E-state index >= 15 is 0 Å². The predicted octanol–water partition coefficient (Wildman–Crippen LogP) is 2.56. The molecule has 1 aliphatic heterocycles. The summed E-state index contributed by atoms with van der Waals surface area (Å²) in [5, 5.41) is 3.56. The highest BCUT2D eigenvalue weighted by Crippen LogP contribution is 2.39. The average molecular weight is 217 g/mol. The first-order valence-electron chi connectivity index (χ1n) is 6.50. The summed E-state index contributed by atoms with van der Waals surface area (Å²) >= 11 is 0. The van der Waals surface area contributed by atoms with E-state index in [-0.39, 0.29) is 0 Å². The Morgan fingerprint density at radius 2 is 2.06 bits per heavy atom. The average Bonchev–Trinajstić information content (AvgIpc) is 3.17. The highest BCUT2D eigenvalue weighted by Gasteiger charge is 2.26. The van der Waals surface area contributed by atoms with E-state index in [0.717, 1.165) is 18.3 Å². The summed E-state index contributed by atoms with van der Waals surface area (Å²) in [7, 11) is 0. The predicted molar refractivity (Wildman–Crippen MR) is 63.2 cm³/mol. The lowest BCUT2D eigenvalue weighted by atomic mass is 10.1. The standard InChI is InChI=1S/C13H19N3/c1-2-4-12(14-8-3-1)13-15-9-7-11(16-13)10-5-6-10/h7,9-10,12,14H,1-6,8H2. The van der Waals surface area contributed by atoms with E-state index in [1.807, 2.05) is 6.20 Å². The number of hydrogen-bond donors (Lipinski definition) is 1. The van der Waals surface area contributed by atoms with E-state index < -0.39 is 0 Å². The van der Waals surface area contributed by atoms with Crippen LogP contribution in [0.2, 0.25) is 0 Å². The zero-order chi connectivity index (χ0) is 10.8. The van der Waals surface area contributed by atoms with Gasteiger partial charge in [-0.15, -0.1) is 0 Å². The van der Waals surface area contributed by atoms with Gasteiger partial charge in [0.1, 0.15) is 5.82 Å². The van der Waals surface area contributed by atoms with Crippen molar-refractivity contribution in [1.82, 2.24) is 15.3 Å². The Labute approximate surface area is 96.7 Å². The molecule has 1 aliphatic carbocycles. The molecular formula is C13H19N3. The van der Waals surface area contributed by atoms with Crippen molar-refractivity contribution in [2.24, 2.45) is 0 Å². The number of aromatic nitrogens is 2. The molecule has 16 heavy (non-hydrogen) atoms. The van der Waals surface area contributed by atoms with Gasteiger partial charge >= 0.3 is 0 Å². The van der Waals surface area contributed by atoms with Gasteiger partial charge in [-0.1, -0.05) is 12.8 Å². The molecule has 2 fully saturated rings. The smallest absolute Gasteiger partial charge is 0.145 e. The van der Waals surface area contributed by atoms with Gasteiger partial charge in [0.25, 0.3) is 0 Å². The maximum atomic E-state index is 4.73. The molecule has 3 nitrogen and oxygen atoms in total. The third-order valence-electron chi connectivity index (χ3n) is 3.56. The van der Waals surface area contributed by atoms with E-state index in [1.54, 1.807) is 0 Å². The maximum Gasteiger partial charge on any atom is 0.145 e. The Morgan fingerprint density at radius 3 is 2.94 bits per heavy atom. The fourth-order valence-corrected chi connectivity index (χ4v) is 2.41. The Morgan fingerprint density at radius 1 is 1.12 bits per heavy atom. The molecule has 86 valence electrons. The van der Waals surface area contributed by atoms with E-state index in [0.29, 0.717) is 6.04 Å². The first kappa shape index (κ1) is 10.2. The van der Waals surface area contributed by atoms with Crippen molar-refractivity contribution >= 4 is 0 Å². The molecule has 0 aromatic carbocycles. The zero-order valence-electron chi connectivity index (χ0n) is 9.65. The second kappa shape index (κ2) is 4.50. The van der Waals surface area contributed by atoms with E-state index in [9.17, 15) is 0 Å². The SMILES string of the molecule is c1cc(C2CC2)nc(C2CCCCCN2)n1. The van der Waals surface area contributed by atoms with Crippen molar-refractivity contribution in [1.29, 1.82) is 0 Å². The Balaban J connectivity index is 1.78. The summed E-state index contributed by atoms with van der Waals surface area (Å²) in [5.74, 6) is 1.75. The van der Waals surface area contributed by atoms with Crippen molar-refractivity contribution < 1.29 is 0 Å². The fraction of sp³-hybridized carbons (Fsp3) is 0.692. The van der Waals surface area contributed by atoms with Crippen molar-refractivity contribution in [3.63, 3.8) is 0 Å². The molecule has 3 heteroatoms. The Hall–Kier alpha value is -0.960. The summed E-state index contributed by atoms with van der Waals surface area (Å²) < 4.78 is 0. The van der Waals surface area contributed by atoms with Gasteiger partial charge in [-0.05, 0) is 38.3 Å². The maximum absolute atomic E-state index is 4.73. The van der Waals surface area contributed by atoms with E-state index in [4.69, 9.17) is 4.98 Å². The van der Waals surface area contributed by atoms with Crippen LogP contribution >= 0.6 is 0 Å². The number of nitrogens with zero attached hydrogens (tertiary/aromatic N) is 2. The molecule has 1 atom stereocenters. The molecule has 1 N–H and O–H groups in total. The van der Waals surface area contributed by atoms with Gasteiger partial charge in [0.2, 0.25) is 0 Å². The van der Waals surface area contributed by atoms with Gasteiger partial charge < -0.3 is 5.32 Å². The minimum absolute atomic E-state index is 0.390. The molecule has 0 amide bonds. The lowest BCUT2D eigenvalue weighted by molar-refractivity contribution is 0.505. The molecule has 1 aromatic rings. The van der Waals surface area contributed by atoms with Gasteiger partial charge in [-0.25, -0.2) is 9.97 Å². The number of nitrogens with one attached hydrogen (secondary N) is 1. The molecule has 1 saturated carbocycles. The van der Waals surface area contributed by atoms with Crippen LogP contribution < -0.4 is 5.32 Å². The van der Waals surface area contributed by atoms with E-state index in [2.05, 4.69) is 16.4 Å². The number of rotatable bonds is 2. The van der Waals surface area contributed by atoms with Crippen LogP contribution in [0.5, 0.6) is 0 Å². The van der Waals surface area contributed by atoms with Crippen LogP contribution in [0, 0.1) is 0 Å². The molecule has 0 spiro atoms. The first-order chi connectivity index (χ1) is 7.93. The molecule has 0 radical (unpaired) electrons. The van der Waals surface area contributed by atoms with Crippen LogP contribution in [-0.2, 0) is 0 Å². The minimum atomic E-state index is 0.390. The first-order valence-corrected chi connectivity index (χ1v) is 6.50. The molecule has 2 heterocycles. The van der Waals surface area contributed by atoms with Crippen LogP contribution in [0.4, 0.5) is 0 Å². The second-order valence-corrected chi connectivity index (χ2v) is 4.97. The van der Waals surface area contributed by atoms with Crippen LogP contribution in [0.3, 0.4) is 0 Å². The summed E-state index contributed by atoms with van der Waals surface area (Å²) in [6, 6.07) is 2.47. The van der Waals surface area contributed by atoms with Gasteiger partial charge in [-0.3, -0.25) is 0 Å². The minimum Gasteiger partial charge on any atom is -0.307 e. The highest BCUT2D eigenvalue weighted by atomic mass is 15.0. The Bertz CT molecular complexity index is 352. The quantitative estimate of drug-likeness (QED) is 0.827. The third kappa shape index (κ3) is 2.24. The molecule has 1 unspecified atom stereocenters. The summed E-state index contributed by atoms with van der Waals surface area (Å²) in [4.78, 5) is 9.17. The molecule has 3 rings (SSSR count). The van der Waals surface area contributed by atoms with Crippen LogP contribution in [-0.4, -0.2) is 16.5 Å². The van der Waals surface area contributed by atoms with Gasteiger partial charge in [0.05, 0.1) is 6.04 Å². The largest absolute Gasteiger partial charge is 0.307 e. The zero-order valence-corrected chi connectivity index (χ0v) is 9.65. The van der Waals surface area contributed by atoms with Gasteiger partial charge in [0.15, 0.2) is 0 Å². The van der Waals surface area contributed by atoms with Crippen molar-refractivity contribution in [3.05, 3.63) is 23.8 Å². The second-order valence-electron chi connectivity index (χ2n) is 4.97. The summed E-state index contributed by atoms with van der Waals surface area (Å²) in [6.07, 6.45) is 9.68. The summed E-state index contributed by atoms with van der Waals surface area (Å²) in [6.45, 7) is 1.11. The molecular weight excluding hydrogens is 198 g/mol. The topological polar surface area (TPSA) is 37.8 Å². The molecule has 0 bridgehead atoms.